The van der Waals surface area contributed by atoms with Gasteiger partial charge in [-0.15, -0.1) is 0 Å². The Bertz CT molecular complexity index is 1740. The van der Waals surface area contributed by atoms with Crippen LogP contribution in [0, 0.1) is 20.8 Å². The number of rotatable bonds is 4. The first kappa shape index (κ1) is 23.5. The van der Waals surface area contributed by atoms with Crippen molar-refractivity contribution >= 4 is 26.5 Å². The molecule has 0 unspecified atom stereocenters. The monoisotopic (exact) mass is 503 g/mol. The highest BCUT2D eigenvalue weighted by Gasteiger charge is 2.36. The fraction of sp³-hybridized carbons (Fsp3) is 0.152. The third kappa shape index (κ3) is 3.84. The van der Waals surface area contributed by atoms with Gasteiger partial charge in [-0.3, -0.25) is 4.31 Å². The van der Waals surface area contributed by atoms with Crippen LogP contribution in [0.1, 0.15) is 22.3 Å². The van der Waals surface area contributed by atoms with Crippen LogP contribution in [0.4, 0.5) is 5.69 Å². The molecule has 0 spiro atoms. The molecule has 0 saturated heterocycles. The van der Waals surface area contributed by atoms with Gasteiger partial charge in [0.05, 0.1) is 10.6 Å². The van der Waals surface area contributed by atoms with E-state index in [0.29, 0.717) is 17.9 Å². The zero-order valence-corrected chi connectivity index (χ0v) is 22.1. The van der Waals surface area contributed by atoms with Crippen LogP contribution in [-0.4, -0.2) is 15.0 Å². The van der Waals surface area contributed by atoms with Crippen molar-refractivity contribution < 1.29 is 8.42 Å². The van der Waals surface area contributed by atoms with Crippen LogP contribution in [-0.2, 0) is 16.4 Å². The number of nitrogens with zero attached hydrogens (tertiary/aromatic N) is 1. The van der Waals surface area contributed by atoms with Gasteiger partial charge in [0.15, 0.2) is 0 Å². The summed E-state index contributed by atoms with van der Waals surface area (Å²) in [5.41, 5.74) is 9.77. The van der Waals surface area contributed by atoms with Crippen LogP contribution in [0.2, 0.25) is 0 Å². The van der Waals surface area contributed by atoms with E-state index in [1.54, 1.807) is 16.4 Å². The second kappa shape index (κ2) is 8.89. The van der Waals surface area contributed by atoms with Crippen LogP contribution in [0.15, 0.2) is 102 Å². The molecule has 0 radical (unpaired) electrons. The summed E-state index contributed by atoms with van der Waals surface area (Å²) in [5, 5.41) is 2.11. The third-order valence-electron chi connectivity index (χ3n) is 7.37. The fourth-order valence-electron chi connectivity index (χ4n) is 5.79. The van der Waals surface area contributed by atoms with E-state index in [1.807, 2.05) is 31.2 Å². The molecule has 184 valence electrons. The van der Waals surface area contributed by atoms with Crippen molar-refractivity contribution in [1.82, 2.24) is 0 Å². The number of hydrogen-bond donors (Lipinski definition) is 0. The van der Waals surface area contributed by atoms with E-state index in [2.05, 4.69) is 74.5 Å². The first-order chi connectivity index (χ1) is 17.9. The summed E-state index contributed by atoms with van der Waals surface area (Å²) in [6.07, 6.45) is 0.660. The van der Waals surface area contributed by atoms with Gasteiger partial charge in [0, 0.05) is 11.9 Å². The average molecular weight is 504 g/mol. The highest BCUT2D eigenvalue weighted by molar-refractivity contribution is 7.92. The molecule has 6 rings (SSSR count). The quantitative estimate of drug-likeness (QED) is 0.250. The predicted molar refractivity (Wildman–Crippen MR) is 154 cm³/mol. The molecule has 0 aromatic heterocycles. The maximum atomic E-state index is 14.1. The van der Waals surface area contributed by atoms with Crippen molar-refractivity contribution in [3.05, 3.63) is 119 Å². The van der Waals surface area contributed by atoms with Crippen molar-refractivity contribution in [2.45, 2.75) is 32.1 Å². The maximum Gasteiger partial charge on any atom is 0.264 e. The highest BCUT2D eigenvalue weighted by atomic mass is 32.2. The first-order valence-electron chi connectivity index (χ1n) is 12.7. The maximum absolute atomic E-state index is 14.1. The topological polar surface area (TPSA) is 37.4 Å². The van der Waals surface area contributed by atoms with E-state index in [1.165, 1.54) is 5.56 Å². The predicted octanol–water partition coefficient (Wildman–Crippen LogP) is 7.85. The van der Waals surface area contributed by atoms with Crippen LogP contribution in [0.25, 0.3) is 33.0 Å². The molecule has 4 heteroatoms. The number of benzene rings is 5. The summed E-state index contributed by atoms with van der Waals surface area (Å²) in [6, 6.07) is 32.4. The van der Waals surface area contributed by atoms with E-state index < -0.39 is 10.0 Å². The van der Waals surface area contributed by atoms with Gasteiger partial charge in [-0.05, 0) is 84.2 Å². The van der Waals surface area contributed by atoms with Crippen molar-refractivity contribution in [2.24, 2.45) is 0 Å². The Morgan fingerprint density at radius 1 is 0.676 bits per heavy atom. The standard InChI is InChI=1S/C33H29NO2S/c1-22-14-16-27(17-15-22)37(35,36)34-19-18-28-31(25-10-6-4-7-11-25)32(26-12-8-5-9-13-26)30-24(3)20-23(2)21-29(30)33(28)34/h4-17,20-21H,18-19H2,1-3H3. The summed E-state index contributed by atoms with van der Waals surface area (Å²) in [5.74, 6) is 0. The molecule has 0 fully saturated rings. The third-order valence-corrected chi connectivity index (χ3v) is 9.18. The van der Waals surface area contributed by atoms with Gasteiger partial charge in [-0.2, -0.15) is 0 Å². The molecule has 0 bridgehead atoms. The minimum Gasteiger partial charge on any atom is -0.265 e. The summed E-state index contributed by atoms with van der Waals surface area (Å²) >= 11 is 0. The summed E-state index contributed by atoms with van der Waals surface area (Å²) in [4.78, 5) is 0.330. The lowest BCUT2D eigenvalue weighted by molar-refractivity contribution is 0.592. The van der Waals surface area contributed by atoms with Gasteiger partial charge in [-0.25, -0.2) is 8.42 Å². The normalized spacial score (nSPS) is 13.2. The van der Waals surface area contributed by atoms with E-state index in [4.69, 9.17) is 0 Å². The smallest absolute Gasteiger partial charge is 0.264 e. The zero-order valence-electron chi connectivity index (χ0n) is 21.3. The molecule has 37 heavy (non-hydrogen) atoms. The Morgan fingerprint density at radius 2 is 1.27 bits per heavy atom. The summed E-state index contributed by atoms with van der Waals surface area (Å²) < 4.78 is 29.7. The van der Waals surface area contributed by atoms with E-state index in [9.17, 15) is 8.42 Å². The van der Waals surface area contributed by atoms with Crippen LogP contribution in [0.5, 0.6) is 0 Å². The zero-order chi connectivity index (χ0) is 25.7. The van der Waals surface area contributed by atoms with E-state index >= 15 is 0 Å². The lowest BCUT2D eigenvalue weighted by Crippen LogP contribution is -2.29. The molecule has 0 amide bonds. The molecule has 5 aromatic carbocycles. The molecule has 0 atom stereocenters. The van der Waals surface area contributed by atoms with Crippen LogP contribution >= 0.6 is 0 Å². The Labute approximate surface area is 219 Å². The molecule has 5 aromatic rings. The van der Waals surface area contributed by atoms with Crippen LogP contribution in [0.3, 0.4) is 0 Å². The van der Waals surface area contributed by atoms with Gasteiger partial charge >= 0.3 is 0 Å². The lowest BCUT2D eigenvalue weighted by Gasteiger charge is -2.25. The fourth-order valence-corrected chi connectivity index (χ4v) is 7.31. The van der Waals surface area contributed by atoms with Crippen LogP contribution < -0.4 is 4.31 Å². The Kier molecular flexibility index (Phi) is 5.65. The minimum absolute atomic E-state index is 0.330. The molecule has 1 heterocycles. The molecule has 1 aliphatic rings. The average Bonchev–Trinajstić information content (AvgIpc) is 3.35. The molecule has 0 saturated carbocycles. The van der Waals surface area contributed by atoms with E-state index in [0.717, 1.165) is 55.4 Å². The van der Waals surface area contributed by atoms with Crippen molar-refractivity contribution in [3.63, 3.8) is 0 Å². The number of fused-ring (bicyclic) bond motifs is 3. The first-order valence-corrected chi connectivity index (χ1v) is 14.1. The summed E-state index contributed by atoms with van der Waals surface area (Å²) in [7, 11) is -3.73. The molecular formula is C33H29NO2S. The lowest BCUT2D eigenvalue weighted by atomic mass is 9.83. The minimum atomic E-state index is -3.73. The number of sulfonamides is 1. The Morgan fingerprint density at radius 3 is 1.89 bits per heavy atom. The van der Waals surface area contributed by atoms with Gasteiger partial charge in [-0.1, -0.05) is 90.0 Å². The molecule has 1 aliphatic heterocycles. The largest absolute Gasteiger partial charge is 0.265 e. The van der Waals surface area contributed by atoms with Gasteiger partial charge in [0.25, 0.3) is 10.0 Å². The molecule has 0 aliphatic carbocycles. The Balaban J connectivity index is 1.75. The highest BCUT2D eigenvalue weighted by Crippen LogP contribution is 2.51. The number of aryl methyl sites for hydroxylation is 3. The van der Waals surface area contributed by atoms with Crippen molar-refractivity contribution in [2.75, 3.05) is 10.8 Å². The molecular weight excluding hydrogens is 474 g/mol. The Hall–Kier alpha value is -3.89. The van der Waals surface area contributed by atoms with Crippen molar-refractivity contribution in [3.8, 4) is 22.3 Å². The van der Waals surface area contributed by atoms with E-state index in [-0.39, 0.29) is 0 Å². The van der Waals surface area contributed by atoms with Crippen molar-refractivity contribution in [1.29, 1.82) is 0 Å². The van der Waals surface area contributed by atoms with Gasteiger partial charge < -0.3 is 0 Å². The second-order valence-electron chi connectivity index (χ2n) is 9.95. The number of anilines is 1. The summed E-state index contributed by atoms with van der Waals surface area (Å²) in [6.45, 7) is 6.61. The SMILES string of the molecule is Cc1ccc(S(=O)(=O)N2CCc3c(-c4ccccc4)c(-c4ccccc4)c4c(C)cc(C)cc4c32)cc1. The van der Waals surface area contributed by atoms with Gasteiger partial charge in [0.1, 0.15) is 0 Å². The van der Waals surface area contributed by atoms with Gasteiger partial charge in [0.2, 0.25) is 0 Å². The number of hydrogen-bond acceptors (Lipinski definition) is 2. The molecule has 0 N–H and O–H groups in total. The molecule has 3 nitrogen and oxygen atoms in total. The second-order valence-corrected chi connectivity index (χ2v) is 11.8.